The first-order valence-corrected chi connectivity index (χ1v) is 9.47. The zero-order valence-corrected chi connectivity index (χ0v) is 16.5. The van der Waals surface area contributed by atoms with Crippen LogP contribution in [-0.4, -0.2) is 36.6 Å². The molecule has 1 amide bonds. The lowest BCUT2D eigenvalue weighted by Crippen LogP contribution is -2.39. The molecule has 8 heteroatoms. The Morgan fingerprint density at radius 1 is 1.17 bits per heavy atom. The topological polar surface area (TPSA) is 85.8 Å². The maximum atomic E-state index is 13.9. The molecule has 0 heterocycles. The normalized spacial score (nSPS) is 12.3. The molecule has 0 aliphatic heterocycles. The average Bonchev–Trinajstić information content (AvgIpc) is 2.67. The first kappa shape index (κ1) is 22.1. The highest BCUT2D eigenvalue weighted by atomic mass is 19.1. The number of aromatic hydroxyl groups is 1. The number of hydrogen-bond acceptors (Lipinski definition) is 3. The number of benzene rings is 2. The van der Waals surface area contributed by atoms with E-state index in [0.29, 0.717) is 43.1 Å². The van der Waals surface area contributed by atoms with Gasteiger partial charge in [-0.25, -0.2) is 8.78 Å². The lowest BCUT2D eigenvalue weighted by molar-refractivity contribution is 0.0953. The van der Waals surface area contributed by atoms with Crippen molar-refractivity contribution in [2.45, 2.75) is 26.3 Å². The van der Waals surface area contributed by atoms with E-state index in [1.807, 2.05) is 6.92 Å². The summed E-state index contributed by atoms with van der Waals surface area (Å²) < 4.78 is 27.0. The minimum atomic E-state index is -0.619. The lowest BCUT2D eigenvalue weighted by atomic mass is 10.1. The third-order valence-corrected chi connectivity index (χ3v) is 4.13. The van der Waals surface area contributed by atoms with Gasteiger partial charge in [0.1, 0.15) is 17.4 Å². The second-order valence-electron chi connectivity index (χ2n) is 6.45. The smallest absolute Gasteiger partial charge is 0.251 e. The maximum absolute atomic E-state index is 13.9. The molecule has 2 aromatic rings. The summed E-state index contributed by atoms with van der Waals surface area (Å²) in [5.74, 6) is -0.962. The van der Waals surface area contributed by atoms with Gasteiger partial charge in [-0.15, -0.1) is 0 Å². The summed E-state index contributed by atoms with van der Waals surface area (Å²) in [6.45, 7) is 5.15. The minimum Gasteiger partial charge on any atom is -0.508 e. The van der Waals surface area contributed by atoms with Crippen molar-refractivity contribution >= 4 is 11.9 Å². The number of phenols is 1. The predicted octanol–water partition coefficient (Wildman–Crippen LogP) is 3.11. The van der Waals surface area contributed by atoms with Crippen LogP contribution in [0.2, 0.25) is 0 Å². The Kier molecular flexibility index (Phi) is 8.39. The number of hydrogen-bond donors (Lipinski definition) is 4. The summed E-state index contributed by atoms with van der Waals surface area (Å²) in [5.41, 5.74) is 0.731. The molecule has 1 atom stereocenters. The van der Waals surface area contributed by atoms with Crippen LogP contribution in [0.5, 0.6) is 5.75 Å². The zero-order valence-electron chi connectivity index (χ0n) is 16.5. The number of carbonyl (C=O) groups excluding carboxylic acids is 1. The van der Waals surface area contributed by atoms with E-state index in [0.717, 1.165) is 6.07 Å². The van der Waals surface area contributed by atoms with Gasteiger partial charge in [-0.05, 0) is 44.5 Å². The molecule has 0 saturated carbocycles. The Morgan fingerprint density at radius 2 is 1.97 bits per heavy atom. The fraction of sp³-hybridized carbons (Fsp3) is 0.333. The van der Waals surface area contributed by atoms with Gasteiger partial charge in [0, 0.05) is 36.8 Å². The van der Waals surface area contributed by atoms with Gasteiger partial charge in [-0.1, -0.05) is 12.1 Å². The van der Waals surface area contributed by atoms with E-state index in [9.17, 15) is 18.7 Å². The second kappa shape index (κ2) is 11.0. The molecular weight excluding hydrogens is 378 g/mol. The van der Waals surface area contributed by atoms with E-state index in [2.05, 4.69) is 20.9 Å². The standard InChI is InChI=1S/C21H26F2N4O2/c1-3-24-21(27-14(2)18-9-8-16(22)13-19(18)23)26-11-5-10-25-20(29)15-6-4-7-17(28)12-15/h4,6-9,12-14,28H,3,5,10-11H2,1-2H3,(H,25,29)(H2,24,26,27). The van der Waals surface area contributed by atoms with Crippen molar-refractivity contribution in [2.75, 3.05) is 19.6 Å². The molecule has 0 bridgehead atoms. The van der Waals surface area contributed by atoms with Crippen LogP contribution in [0.25, 0.3) is 0 Å². The van der Waals surface area contributed by atoms with Crippen molar-refractivity contribution in [2.24, 2.45) is 4.99 Å². The predicted molar refractivity (Wildman–Crippen MR) is 109 cm³/mol. The number of phenolic OH excluding ortho intramolecular Hbond substituents is 1. The van der Waals surface area contributed by atoms with Crippen LogP contribution >= 0.6 is 0 Å². The molecule has 156 valence electrons. The van der Waals surface area contributed by atoms with Crippen LogP contribution in [0.3, 0.4) is 0 Å². The number of rotatable bonds is 8. The van der Waals surface area contributed by atoms with Gasteiger partial charge in [-0.2, -0.15) is 0 Å². The molecule has 6 nitrogen and oxygen atoms in total. The molecule has 1 unspecified atom stereocenters. The molecule has 0 aliphatic rings. The molecule has 0 radical (unpaired) electrons. The average molecular weight is 404 g/mol. The van der Waals surface area contributed by atoms with Crippen LogP contribution in [-0.2, 0) is 0 Å². The number of nitrogens with zero attached hydrogens (tertiary/aromatic N) is 1. The summed E-state index contributed by atoms with van der Waals surface area (Å²) in [7, 11) is 0. The molecule has 0 aliphatic carbocycles. The van der Waals surface area contributed by atoms with Crippen LogP contribution in [0, 0.1) is 11.6 Å². The van der Waals surface area contributed by atoms with Gasteiger partial charge >= 0.3 is 0 Å². The van der Waals surface area contributed by atoms with E-state index < -0.39 is 17.7 Å². The summed E-state index contributed by atoms with van der Waals surface area (Å²) >= 11 is 0. The summed E-state index contributed by atoms with van der Waals surface area (Å²) in [4.78, 5) is 16.4. The lowest BCUT2D eigenvalue weighted by Gasteiger charge is -2.18. The highest BCUT2D eigenvalue weighted by Gasteiger charge is 2.13. The van der Waals surface area contributed by atoms with E-state index in [-0.39, 0.29) is 11.7 Å². The SMILES string of the molecule is CCNC(=NCCCNC(=O)c1cccc(O)c1)NC(C)c1ccc(F)cc1F. The summed E-state index contributed by atoms with van der Waals surface area (Å²) in [5, 5.41) is 18.3. The van der Waals surface area contributed by atoms with Crippen LogP contribution < -0.4 is 16.0 Å². The molecule has 0 fully saturated rings. The fourth-order valence-corrected chi connectivity index (χ4v) is 2.68. The van der Waals surface area contributed by atoms with E-state index >= 15 is 0 Å². The Balaban J connectivity index is 1.84. The number of halogens is 2. The van der Waals surface area contributed by atoms with Crippen LogP contribution in [0.4, 0.5) is 8.78 Å². The van der Waals surface area contributed by atoms with Crippen LogP contribution in [0.1, 0.15) is 42.2 Å². The Morgan fingerprint density at radius 3 is 2.66 bits per heavy atom. The Hall–Kier alpha value is -3.16. The van der Waals surface area contributed by atoms with Gasteiger partial charge in [0.25, 0.3) is 5.91 Å². The number of aliphatic imine (C=N–C) groups is 1. The van der Waals surface area contributed by atoms with Gasteiger partial charge in [0.15, 0.2) is 5.96 Å². The third-order valence-electron chi connectivity index (χ3n) is 4.13. The molecule has 29 heavy (non-hydrogen) atoms. The number of amides is 1. The third kappa shape index (κ3) is 7.06. The first-order valence-electron chi connectivity index (χ1n) is 9.47. The highest BCUT2D eigenvalue weighted by molar-refractivity contribution is 5.94. The first-order chi connectivity index (χ1) is 13.9. The van der Waals surface area contributed by atoms with Crippen molar-refractivity contribution < 1.29 is 18.7 Å². The second-order valence-corrected chi connectivity index (χ2v) is 6.45. The largest absolute Gasteiger partial charge is 0.508 e. The quantitative estimate of drug-likeness (QED) is 0.309. The van der Waals surface area contributed by atoms with Crippen LogP contribution in [0.15, 0.2) is 47.5 Å². The zero-order chi connectivity index (χ0) is 21.2. The van der Waals surface area contributed by atoms with E-state index in [4.69, 9.17) is 0 Å². The maximum Gasteiger partial charge on any atom is 0.251 e. The molecule has 0 spiro atoms. The van der Waals surface area contributed by atoms with E-state index in [1.54, 1.807) is 19.1 Å². The van der Waals surface area contributed by atoms with E-state index in [1.165, 1.54) is 24.3 Å². The Bertz CT molecular complexity index is 858. The van der Waals surface area contributed by atoms with Gasteiger partial charge in [0.05, 0.1) is 6.04 Å². The van der Waals surface area contributed by atoms with Crippen molar-refractivity contribution in [3.05, 3.63) is 65.2 Å². The molecule has 2 aromatic carbocycles. The monoisotopic (exact) mass is 404 g/mol. The fourth-order valence-electron chi connectivity index (χ4n) is 2.68. The van der Waals surface area contributed by atoms with Crippen molar-refractivity contribution in [3.8, 4) is 5.75 Å². The summed E-state index contributed by atoms with van der Waals surface area (Å²) in [6.07, 6.45) is 0.598. The van der Waals surface area contributed by atoms with Crippen molar-refractivity contribution in [3.63, 3.8) is 0 Å². The van der Waals surface area contributed by atoms with Gasteiger partial charge in [0.2, 0.25) is 0 Å². The molecule has 0 aromatic heterocycles. The van der Waals surface area contributed by atoms with Gasteiger partial charge in [-0.3, -0.25) is 9.79 Å². The Labute approximate surface area is 169 Å². The highest BCUT2D eigenvalue weighted by Crippen LogP contribution is 2.17. The molecule has 4 N–H and O–H groups in total. The molecular formula is C21H26F2N4O2. The minimum absolute atomic E-state index is 0.0373. The summed E-state index contributed by atoms with van der Waals surface area (Å²) in [6, 6.07) is 9.20. The number of guanidine groups is 1. The number of carbonyl (C=O) groups is 1. The molecule has 2 rings (SSSR count). The van der Waals surface area contributed by atoms with Crippen molar-refractivity contribution in [1.29, 1.82) is 0 Å². The van der Waals surface area contributed by atoms with Crippen molar-refractivity contribution in [1.82, 2.24) is 16.0 Å². The van der Waals surface area contributed by atoms with Gasteiger partial charge < -0.3 is 21.1 Å². The molecule has 0 saturated heterocycles. The number of nitrogens with one attached hydrogen (secondary N) is 3.